The summed E-state index contributed by atoms with van der Waals surface area (Å²) in [5.41, 5.74) is 0. The van der Waals surface area contributed by atoms with Crippen molar-refractivity contribution in [1.82, 2.24) is 9.55 Å². The second kappa shape index (κ2) is 11.9. The number of nitrogens with zero attached hydrogens (tertiary/aromatic N) is 2. The van der Waals surface area contributed by atoms with E-state index in [0.717, 1.165) is 6.54 Å². The van der Waals surface area contributed by atoms with E-state index < -0.39 is 10.4 Å². The fraction of sp³-hybridized carbons (Fsp3) is 0.769. The minimum Gasteiger partial charge on any atom is -0.337 e. The number of hydrogen-bond donors (Lipinski definition) is 2. The Morgan fingerprint density at radius 2 is 1.50 bits per heavy atom. The standard InChI is InChI=1S/C13H24N2.H2O4S/c1-2-3-4-5-6-7-8-9-11-15-12-10-14-13-15;1-5(2,3)4/h10,12-13H,2-9,11H2,1H3;(H2,1,2,3,4). The molecule has 0 aliphatic rings. The lowest BCUT2D eigenvalue weighted by Gasteiger charge is -2.02. The molecule has 0 atom stereocenters. The largest absolute Gasteiger partial charge is 0.394 e. The van der Waals surface area contributed by atoms with Gasteiger partial charge in [-0.3, -0.25) is 9.11 Å². The van der Waals surface area contributed by atoms with Crippen LogP contribution in [0.1, 0.15) is 58.3 Å². The summed E-state index contributed by atoms with van der Waals surface area (Å²) in [5.74, 6) is 0. The highest BCUT2D eigenvalue weighted by atomic mass is 32.3. The van der Waals surface area contributed by atoms with Crippen LogP contribution in [0.2, 0.25) is 0 Å². The molecule has 0 radical (unpaired) electrons. The van der Waals surface area contributed by atoms with E-state index in [-0.39, 0.29) is 0 Å². The van der Waals surface area contributed by atoms with Crippen molar-refractivity contribution in [2.45, 2.75) is 64.8 Å². The second-order valence-electron chi connectivity index (χ2n) is 4.72. The zero-order valence-electron chi connectivity index (χ0n) is 12.1. The molecule has 20 heavy (non-hydrogen) atoms. The monoisotopic (exact) mass is 306 g/mol. The van der Waals surface area contributed by atoms with Crippen molar-refractivity contribution in [3.8, 4) is 0 Å². The molecule has 2 N–H and O–H groups in total. The predicted molar refractivity (Wildman–Crippen MR) is 79.0 cm³/mol. The first-order chi connectivity index (χ1) is 9.43. The van der Waals surface area contributed by atoms with Crippen LogP contribution in [0.5, 0.6) is 0 Å². The summed E-state index contributed by atoms with van der Waals surface area (Å²) in [4.78, 5) is 4.03. The van der Waals surface area contributed by atoms with Gasteiger partial charge in [0.1, 0.15) is 0 Å². The van der Waals surface area contributed by atoms with Crippen molar-refractivity contribution in [3.05, 3.63) is 18.7 Å². The summed E-state index contributed by atoms with van der Waals surface area (Å²) in [6.45, 7) is 3.40. The van der Waals surface area contributed by atoms with Crippen LogP contribution in [0.4, 0.5) is 0 Å². The van der Waals surface area contributed by atoms with Crippen LogP contribution in [0, 0.1) is 0 Å². The Kier molecular flexibility index (Phi) is 11.3. The highest BCUT2D eigenvalue weighted by Crippen LogP contribution is 2.08. The summed E-state index contributed by atoms with van der Waals surface area (Å²) in [6, 6.07) is 0. The van der Waals surface area contributed by atoms with E-state index in [9.17, 15) is 0 Å². The van der Waals surface area contributed by atoms with E-state index in [1.807, 2.05) is 18.7 Å². The number of aryl methyl sites for hydroxylation is 1. The molecule has 0 saturated carbocycles. The van der Waals surface area contributed by atoms with Crippen LogP contribution in [0.3, 0.4) is 0 Å². The first-order valence-electron chi connectivity index (χ1n) is 7.09. The van der Waals surface area contributed by atoms with E-state index in [1.165, 1.54) is 51.4 Å². The Hall–Kier alpha value is -0.920. The third kappa shape index (κ3) is 17.1. The maximum atomic E-state index is 8.74. The Morgan fingerprint density at radius 1 is 1.00 bits per heavy atom. The summed E-state index contributed by atoms with van der Waals surface area (Å²) >= 11 is 0. The molecule has 118 valence electrons. The Bertz CT molecular complexity index is 396. The SMILES string of the molecule is CCCCCCCCCCn1ccnc1.O=S(=O)(O)O. The molecular weight excluding hydrogens is 280 g/mol. The van der Waals surface area contributed by atoms with Crippen molar-refractivity contribution in [2.75, 3.05) is 0 Å². The average Bonchev–Trinajstić information content (AvgIpc) is 2.83. The van der Waals surface area contributed by atoms with Crippen LogP contribution < -0.4 is 0 Å². The minimum atomic E-state index is -4.67. The minimum absolute atomic E-state index is 1.13. The summed E-state index contributed by atoms with van der Waals surface area (Å²) in [7, 11) is -4.67. The van der Waals surface area contributed by atoms with Gasteiger partial charge in [-0.2, -0.15) is 8.42 Å². The van der Waals surface area contributed by atoms with Crippen LogP contribution >= 0.6 is 0 Å². The maximum absolute atomic E-state index is 8.74. The lowest BCUT2D eigenvalue weighted by molar-refractivity contribution is 0.381. The molecule has 0 aromatic carbocycles. The lowest BCUT2D eigenvalue weighted by Crippen LogP contribution is -1.93. The summed E-state index contributed by atoms with van der Waals surface area (Å²) in [5, 5.41) is 0. The Labute approximate surface area is 121 Å². The van der Waals surface area contributed by atoms with Crippen molar-refractivity contribution in [1.29, 1.82) is 0 Å². The zero-order chi connectivity index (χ0) is 15.3. The van der Waals surface area contributed by atoms with Gasteiger partial charge in [0.05, 0.1) is 6.33 Å². The third-order valence-corrected chi connectivity index (χ3v) is 2.83. The van der Waals surface area contributed by atoms with Gasteiger partial charge in [-0.25, -0.2) is 4.98 Å². The predicted octanol–water partition coefficient (Wildman–Crippen LogP) is 3.37. The first kappa shape index (κ1) is 19.1. The molecule has 0 spiro atoms. The smallest absolute Gasteiger partial charge is 0.337 e. The van der Waals surface area contributed by atoms with Gasteiger partial charge in [-0.15, -0.1) is 0 Å². The molecule has 6 nitrogen and oxygen atoms in total. The quantitative estimate of drug-likeness (QED) is 0.539. The normalized spacial score (nSPS) is 10.9. The van der Waals surface area contributed by atoms with Gasteiger partial charge in [-0.1, -0.05) is 51.9 Å². The molecule has 7 heteroatoms. The molecule has 0 amide bonds. The fourth-order valence-corrected chi connectivity index (χ4v) is 1.85. The van der Waals surface area contributed by atoms with Crippen LogP contribution in [0.25, 0.3) is 0 Å². The maximum Gasteiger partial charge on any atom is 0.394 e. The lowest BCUT2D eigenvalue weighted by atomic mass is 10.1. The van der Waals surface area contributed by atoms with E-state index in [4.69, 9.17) is 17.5 Å². The Morgan fingerprint density at radius 3 is 1.95 bits per heavy atom. The molecular formula is C13H26N2O4S. The van der Waals surface area contributed by atoms with Gasteiger partial charge in [0.15, 0.2) is 0 Å². The highest BCUT2D eigenvalue weighted by molar-refractivity contribution is 7.79. The molecule has 0 bridgehead atoms. The van der Waals surface area contributed by atoms with E-state index in [1.54, 1.807) is 0 Å². The van der Waals surface area contributed by atoms with Crippen molar-refractivity contribution < 1.29 is 17.5 Å². The molecule has 0 aliphatic heterocycles. The molecule has 1 rings (SSSR count). The topological polar surface area (TPSA) is 92.4 Å². The van der Waals surface area contributed by atoms with Crippen LogP contribution in [0.15, 0.2) is 18.7 Å². The molecule has 1 aromatic heterocycles. The zero-order valence-corrected chi connectivity index (χ0v) is 12.9. The molecule has 0 unspecified atom stereocenters. The van der Waals surface area contributed by atoms with Crippen molar-refractivity contribution in [2.24, 2.45) is 0 Å². The molecule has 0 saturated heterocycles. The van der Waals surface area contributed by atoms with Gasteiger partial charge >= 0.3 is 10.4 Å². The van der Waals surface area contributed by atoms with E-state index >= 15 is 0 Å². The summed E-state index contributed by atoms with van der Waals surface area (Å²) < 4.78 is 33.7. The highest BCUT2D eigenvalue weighted by Gasteiger charge is 1.92. The number of aromatic nitrogens is 2. The van der Waals surface area contributed by atoms with E-state index in [2.05, 4.69) is 16.5 Å². The van der Waals surface area contributed by atoms with Gasteiger partial charge in [0, 0.05) is 18.9 Å². The molecule has 1 aromatic rings. The number of unbranched alkanes of at least 4 members (excludes halogenated alkanes) is 7. The molecule has 0 aliphatic carbocycles. The number of imidazole rings is 1. The number of rotatable bonds is 9. The van der Waals surface area contributed by atoms with Crippen molar-refractivity contribution >= 4 is 10.4 Å². The first-order valence-corrected chi connectivity index (χ1v) is 8.48. The second-order valence-corrected chi connectivity index (χ2v) is 5.62. The van der Waals surface area contributed by atoms with Gasteiger partial charge in [0.2, 0.25) is 0 Å². The van der Waals surface area contributed by atoms with Crippen molar-refractivity contribution in [3.63, 3.8) is 0 Å². The van der Waals surface area contributed by atoms with Crippen LogP contribution in [-0.2, 0) is 16.9 Å². The molecule has 0 fully saturated rings. The molecule has 1 heterocycles. The number of hydrogen-bond acceptors (Lipinski definition) is 3. The van der Waals surface area contributed by atoms with Gasteiger partial charge < -0.3 is 4.57 Å². The third-order valence-electron chi connectivity index (χ3n) is 2.83. The van der Waals surface area contributed by atoms with Crippen LogP contribution in [-0.4, -0.2) is 27.1 Å². The fourth-order valence-electron chi connectivity index (χ4n) is 1.85. The van der Waals surface area contributed by atoms with Gasteiger partial charge in [-0.05, 0) is 6.42 Å². The Balaban J connectivity index is 0.000000621. The average molecular weight is 306 g/mol. The summed E-state index contributed by atoms with van der Waals surface area (Å²) in [6.07, 6.45) is 16.9. The van der Waals surface area contributed by atoms with Gasteiger partial charge in [0.25, 0.3) is 0 Å². The van der Waals surface area contributed by atoms with E-state index in [0.29, 0.717) is 0 Å².